The molecule has 7 heteroatoms. The first kappa shape index (κ1) is 18.9. The van der Waals surface area contributed by atoms with Crippen LogP contribution in [0.25, 0.3) is 0 Å². The van der Waals surface area contributed by atoms with Crippen molar-refractivity contribution in [2.75, 3.05) is 5.43 Å². The standard InChI is InChI=1S/C21H16F2N4O/c22-19-10-3-1-6-16(19)13-24-26-18-9-5-8-15(12-18)21(28)27-25-14-17-7-2-4-11-20(17)23/h1-14,26H,(H,27,28). The molecule has 3 rings (SSSR count). The average molecular weight is 378 g/mol. The number of hydrazone groups is 2. The molecule has 1 amide bonds. The first-order valence-electron chi connectivity index (χ1n) is 8.35. The molecule has 2 N–H and O–H groups in total. The minimum atomic E-state index is -0.464. The van der Waals surface area contributed by atoms with Crippen LogP contribution in [0.15, 0.2) is 83.0 Å². The van der Waals surface area contributed by atoms with Crippen LogP contribution in [-0.4, -0.2) is 18.3 Å². The summed E-state index contributed by atoms with van der Waals surface area (Å²) >= 11 is 0. The normalized spacial score (nSPS) is 11.1. The maximum Gasteiger partial charge on any atom is 0.271 e. The SMILES string of the molecule is O=C(NN=Cc1ccccc1F)c1cccc(NN=Cc2ccccc2F)c1. The fraction of sp³-hybridized carbons (Fsp3) is 0. The van der Waals surface area contributed by atoms with E-state index in [0.717, 1.165) is 0 Å². The fourth-order valence-electron chi connectivity index (χ4n) is 2.29. The summed E-state index contributed by atoms with van der Waals surface area (Å²) in [5.74, 6) is -1.28. The molecule has 0 heterocycles. The van der Waals surface area contributed by atoms with Gasteiger partial charge in [0.1, 0.15) is 11.6 Å². The molecule has 0 aliphatic rings. The Morgan fingerprint density at radius 3 is 2.04 bits per heavy atom. The van der Waals surface area contributed by atoms with Gasteiger partial charge in [-0.15, -0.1) is 0 Å². The number of carbonyl (C=O) groups excluding carboxylic acids is 1. The van der Waals surface area contributed by atoms with E-state index in [-0.39, 0.29) is 11.4 Å². The maximum absolute atomic E-state index is 13.5. The first-order chi connectivity index (χ1) is 13.6. The topological polar surface area (TPSA) is 65.8 Å². The van der Waals surface area contributed by atoms with Crippen LogP contribution in [0, 0.1) is 11.6 Å². The highest BCUT2D eigenvalue weighted by Crippen LogP contribution is 2.11. The summed E-state index contributed by atoms with van der Waals surface area (Å²) in [5, 5.41) is 7.73. The molecule has 3 aromatic rings. The summed E-state index contributed by atoms with van der Waals surface area (Å²) in [6.45, 7) is 0. The predicted octanol–water partition coefficient (Wildman–Crippen LogP) is 4.17. The number of hydrogen-bond acceptors (Lipinski definition) is 4. The fourth-order valence-corrected chi connectivity index (χ4v) is 2.29. The molecule has 0 atom stereocenters. The minimum Gasteiger partial charge on any atom is -0.278 e. The highest BCUT2D eigenvalue weighted by molar-refractivity contribution is 5.95. The lowest BCUT2D eigenvalue weighted by atomic mass is 10.2. The van der Waals surface area contributed by atoms with Crippen molar-refractivity contribution in [2.45, 2.75) is 0 Å². The molecule has 28 heavy (non-hydrogen) atoms. The van der Waals surface area contributed by atoms with Gasteiger partial charge in [-0.25, -0.2) is 14.2 Å². The van der Waals surface area contributed by atoms with E-state index in [1.165, 1.54) is 24.6 Å². The molecule has 3 aromatic carbocycles. The van der Waals surface area contributed by atoms with E-state index >= 15 is 0 Å². The number of nitrogens with one attached hydrogen (secondary N) is 2. The quantitative estimate of drug-likeness (QED) is 0.499. The zero-order valence-corrected chi connectivity index (χ0v) is 14.6. The Hall–Kier alpha value is -3.87. The highest BCUT2D eigenvalue weighted by atomic mass is 19.1. The Morgan fingerprint density at radius 1 is 0.786 bits per heavy atom. The molecule has 0 aromatic heterocycles. The van der Waals surface area contributed by atoms with Crippen molar-refractivity contribution in [3.63, 3.8) is 0 Å². The van der Waals surface area contributed by atoms with Crippen molar-refractivity contribution in [3.05, 3.63) is 101 Å². The van der Waals surface area contributed by atoms with E-state index in [0.29, 0.717) is 16.8 Å². The van der Waals surface area contributed by atoms with Crippen molar-refractivity contribution in [1.29, 1.82) is 0 Å². The summed E-state index contributed by atoms with van der Waals surface area (Å²) in [6.07, 6.45) is 2.58. The van der Waals surface area contributed by atoms with E-state index in [9.17, 15) is 13.6 Å². The maximum atomic E-state index is 13.5. The molecule has 0 radical (unpaired) electrons. The van der Waals surface area contributed by atoms with Gasteiger partial charge >= 0.3 is 0 Å². The number of hydrogen-bond donors (Lipinski definition) is 2. The van der Waals surface area contributed by atoms with Gasteiger partial charge in [0.2, 0.25) is 0 Å². The lowest BCUT2D eigenvalue weighted by Crippen LogP contribution is -2.17. The summed E-state index contributed by atoms with van der Waals surface area (Å²) in [7, 11) is 0. The second-order valence-corrected chi connectivity index (χ2v) is 5.69. The average Bonchev–Trinajstić information content (AvgIpc) is 2.71. The van der Waals surface area contributed by atoms with Gasteiger partial charge in [-0.1, -0.05) is 42.5 Å². The molecule has 0 spiro atoms. The molecule has 0 bridgehead atoms. The van der Waals surface area contributed by atoms with Gasteiger partial charge in [0.05, 0.1) is 18.1 Å². The van der Waals surface area contributed by atoms with Crippen molar-refractivity contribution < 1.29 is 13.6 Å². The molecule has 0 fully saturated rings. The molecular formula is C21H16F2N4O. The summed E-state index contributed by atoms with van der Waals surface area (Å²) < 4.78 is 27.0. The Labute approximate surface area is 160 Å². The second-order valence-electron chi connectivity index (χ2n) is 5.69. The first-order valence-corrected chi connectivity index (χ1v) is 8.35. The van der Waals surface area contributed by atoms with Crippen LogP contribution in [0.1, 0.15) is 21.5 Å². The van der Waals surface area contributed by atoms with E-state index in [4.69, 9.17) is 0 Å². The van der Waals surface area contributed by atoms with Crippen molar-refractivity contribution >= 4 is 24.0 Å². The van der Waals surface area contributed by atoms with Crippen LogP contribution < -0.4 is 10.9 Å². The van der Waals surface area contributed by atoms with Crippen LogP contribution in [0.5, 0.6) is 0 Å². The van der Waals surface area contributed by atoms with Gasteiger partial charge in [0, 0.05) is 16.7 Å². The molecule has 5 nitrogen and oxygen atoms in total. The van der Waals surface area contributed by atoms with Gasteiger partial charge in [-0.2, -0.15) is 10.2 Å². The summed E-state index contributed by atoms with van der Waals surface area (Å²) in [4.78, 5) is 12.2. The lowest BCUT2D eigenvalue weighted by molar-refractivity contribution is 0.0955. The van der Waals surface area contributed by atoms with Crippen molar-refractivity contribution in [1.82, 2.24) is 5.43 Å². The molecule has 0 aliphatic heterocycles. The zero-order valence-electron chi connectivity index (χ0n) is 14.6. The van der Waals surface area contributed by atoms with Gasteiger partial charge < -0.3 is 0 Å². The third kappa shape index (κ3) is 5.07. The molecule has 0 saturated heterocycles. The van der Waals surface area contributed by atoms with E-state index in [1.807, 2.05) is 0 Å². The van der Waals surface area contributed by atoms with Crippen LogP contribution in [0.4, 0.5) is 14.5 Å². The van der Waals surface area contributed by atoms with Gasteiger partial charge in [-0.05, 0) is 30.3 Å². The third-order valence-electron chi connectivity index (χ3n) is 3.70. The summed E-state index contributed by atoms with van der Waals surface area (Å²) in [5.41, 5.74) is 6.55. The summed E-state index contributed by atoms with van der Waals surface area (Å²) in [6, 6.07) is 18.9. The third-order valence-corrected chi connectivity index (χ3v) is 3.70. The van der Waals surface area contributed by atoms with Gasteiger partial charge in [0.25, 0.3) is 5.91 Å². The monoisotopic (exact) mass is 378 g/mol. The Bertz CT molecular complexity index is 1030. The minimum absolute atomic E-state index is 0.265. The lowest BCUT2D eigenvalue weighted by Gasteiger charge is -2.04. The highest BCUT2D eigenvalue weighted by Gasteiger charge is 2.05. The molecular weight excluding hydrogens is 362 g/mol. The smallest absolute Gasteiger partial charge is 0.271 e. The largest absolute Gasteiger partial charge is 0.278 e. The number of carbonyl (C=O) groups is 1. The van der Waals surface area contributed by atoms with Gasteiger partial charge in [-0.3, -0.25) is 10.2 Å². The molecule has 0 saturated carbocycles. The zero-order chi connectivity index (χ0) is 19.8. The van der Waals surface area contributed by atoms with Crippen LogP contribution in [0.3, 0.4) is 0 Å². The molecule has 0 aliphatic carbocycles. The van der Waals surface area contributed by atoms with Crippen LogP contribution in [-0.2, 0) is 0 Å². The van der Waals surface area contributed by atoms with Crippen LogP contribution >= 0.6 is 0 Å². The van der Waals surface area contributed by atoms with Crippen LogP contribution in [0.2, 0.25) is 0 Å². The molecule has 140 valence electrons. The number of anilines is 1. The predicted molar refractivity (Wildman–Crippen MR) is 106 cm³/mol. The molecule has 0 unspecified atom stereocenters. The van der Waals surface area contributed by atoms with Crippen molar-refractivity contribution in [3.8, 4) is 0 Å². The van der Waals surface area contributed by atoms with E-state index in [2.05, 4.69) is 21.1 Å². The Kier molecular flexibility index (Phi) is 6.20. The second kappa shape index (κ2) is 9.18. The Balaban J connectivity index is 1.61. The van der Waals surface area contributed by atoms with E-state index < -0.39 is 11.7 Å². The Morgan fingerprint density at radius 2 is 1.39 bits per heavy atom. The number of halogens is 2. The van der Waals surface area contributed by atoms with E-state index in [1.54, 1.807) is 60.7 Å². The number of rotatable bonds is 6. The van der Waals surface area contributed by atoms with Gasteiger partial charge in [0.15, 0.2) is 0 Å². The number of benzene rings is 3. The number of nitrogens with zero attached hydrogens (tertiary/aromatic N) is 2. The van der Waals surface area contributed by atoms with Crippen molar-refractivity contribution in [2.24, 2.45) is 10.2 Å². The number of amides is 1.